The van der Waals surface area contributed by atoms with Crippen LogP contribution in [0, 0.1) is 0 Å². The molecule has 0 bridgehead atoms. The van der Waals surface area contributed by atoms with Crippen molar-refractivity contribution >= 4 is 38.4 Å². The molecule has 0 radical (unpaired) electrons. The number of aryl methyl sites for hydroxylation is 1. The van der Waals surface area contributed by atoms with Gasteiger partial charge in [0.15, 0.2) is 10.1 Å². The van der Waals surface area contributed by atoms with E-state index in [0.717, 1.165) is 27.1 Å². The molecule has 4 rings (SSSR count). The zero-order valence-corrected chi connectivity index (χ0v) is 10.9. The second-order valence-electron chi connectivity index (χ2n) is 3.85. The number of fused-ring (bicyclic) bond motifs is 5. The Balaban J connectivity index is 2.45. The summed E-state index contributed by atoms with van der Waals surface area (Å²) in [4.78, 5) is 17.4. The largest absolute Gasteiger partial charge is 0.312 e. The molecule has 0 spiro atoms. The number of nitrogens with zero attached hydrogens (tertiary/aromatic N) is 7. The summed E-state index contributed by atoms with van der Waals surface area (Å²) in [5.41, 5.74) is 3.07. The van der Waals surface area contributed by atoms with Crippen LogP contribution in [-0.4, -0.2) is 29.2 Å². The zero-order valence-electron chi connectivity index (χ0n) is 9.32. The van der Waals surface area contributed by atoms with Crippen molar-refractivity contribution in [3.05, 3.63) is 29.4 Å². The molecule has 0 fully saturated rings. The van der Waals surface area contributed by atoms with E-state index in [1.54, 1.807) is 24.8 Å². The van der Waals surface area contributed by atoms with Crippen molar-refractivity contribution in [1.82, 2.24) is 29.2 Å². The average molecular weight is 305 g/mol. The molecular weight excluding hydrogens is 298 g/mol. The molecule has 4 aromatic heterocycles. The number of rotatable bonds is 0. The van der Waals surface area contributed by atoms with Crippen molar-refractivity contribution in [2.45, 2.75) is 0 Å². The molecule has 0 amide bonds. The van der Waals surface area contributed by atoms with E-state index in [0.29, 0.717) is 0 Å². The minimum Gasteiger partial charge on any atom is -0.245 e. The Hall–Kier alpha value is -2.09. The van der Waals surface area contributed by atoms with Crippen LogP contribution in [-0.2, 0) is 7.05 Å². The van der Waals surface area contributed by atoms with E-state index >= 15 is 0 Å². The van der Waals surface area contributed by atoms with Gasteiger partial charge in [0, 0.05) is 0 Å². The fraction of sp³-hybridized carbons (Fsp3) is 0.100. The van der Waals surface area contributed by atoms with Gasteiger partial charge in [-0.3, -0.25) is 0 Å². The van der Waals surface area contributed by atoms with Gasteiger partial charge >= 0.3 is 5.65 Å². The highest BCUT2D eigenvalue weighted by Crippen LogP contribution is 2.19. The molecule has 4 heterocycles. The lowest BCUT2D eigenvalue weighted by Gasteiger charge is -1.91. The maximum absolute atomic E-state index is 4.36. The molecule has 8 heteroatoms. The molecule has 4 aromatic rings. The monoisotopic (exact) mass is 304 g/mol. The van der Waals surface area contributed by atoms with E-state index in [-0.39, 0.29) is 0 Å². The van der Waals surface area contributed by atoms with E-state index in [1.807, 2.05) is 20.9 Å². The van der Waals surface area contributed by atoms with Gasteiger partial charge in [-0.25, -0.2) is 9.97 Å². The third-order valence-corrected chi connectivity index (χ3v) is 3.58. The van der Waals surface area contributed by atoms with Gasteiger partial charge in [-0.15, -0.1) is 19.1 Å². The Morgan fingerprint density at radius 1 is 1.00 bits per heavy atom. The molecule has 7 nitrogen and oxygen atoms in total. The molecule has 0 saturated heterocycles. The lowest BCUT2D eigenvalue weighted by Crippen LogP contribution is -2.29. The van der Waals surface area contributed by atoms with E-state index in [9.17, 15) is 0 Å². The van der Waals surface area contributed by atoms with Crippen molar-refractivity contribution in [2.75, 3.05) is 0 Å². The molecule has 0 unspecified atom stereocenters. The van der Waals surface area contributed by atoms with Crippen LogP contribution in [0.4, 0.5) is 0 Å². The van der Waals surface area contributed by atoms with Gasteiger partial charge in [0.1, 0.15) is 12.4 Å². The zero-order chi connectivity index (χ0) is 12.3. The first kappa shape index (κ1) is 9.89. The third kappa shape index (κ3) is 1.01. The van der Waals surface area contributed by atoms with Crippen molar-refractivity contribution in [2.24, 2.45) is 7.05 Å². The smallest absolute Gasteiger partial charge is 0.245 e. The second kappa shape index (κ2) is 3.22. The van der Waals surface area contributed by atoms with Crippen molar-refractivity contribution in [3.8, 4) is 0 Å². The van der Waals surface area contributed by atoms with Gasteiger partial charge in [-0.05, 0) is 15.9 Å². The predicted molar refractivity (Wildman–Crippen MR) is 65.9 cm³/mol. The van der Waals surface area contributed by atoms with Crippen molar-refractivity contribution < 1.29 is 4.52 Å². The maximum Gasteiger partial charge on any atom is 0.312 e. The van der Waals surface area contributed by atoms with Gasteiger partial charge in [0.25, 0.3) is 11.3 Å². The van der Waals surface area contributed by atoms with Gasteiger partial charge in [0.2, 0.25) is 0 Å². The molecule has 0 aliphatic heterocycles. The standard InChI is InChI=1S/C10H7BrN7/c1-16-9-10(15-5-4-14-9)17-8-6(7(11)18(16)17)12-2-3-13-8/h2-5H,1H3/q+1. The molecule has 0 aromatic carbocycles. The third-order valence-electron chi connectivity index (χ3n) is 2.89. The summed E-state index contributed by atoms with van der Waals surface area (Å²) in [6.45, 7) is 0. The summed E-state index contributed by atoms with van der Waals surface area (Å²) in [6.07, 6.45) is 6.67. The SMILES string of the molecule is Cn1c2nccnc2[n+]2c3nccnc3c(Br)n12. The fourth-order valence-electron chi connectivity index (χ4n) is 2.15. The van der Waals surface area contributed by atoms with Crippen LogP contribution in [0.3, 0.4) is 0 Å². The van der Waals surface area contributed by atoms with Crippen LogP contribution < -0.4 is 4.52 Å². The summed E-state index contributed by atoms with van der Waals surface area (Å²) in [5, 5.41) is 0. The van der Waals surface area contributed by atoms with Crippen molar-refractivity contribution in [3.63, 3.8) is 0 Å². The quantitative estimate of drug-likeness (QED) is 0.444. The highest BCUT2D eigenvalue weighted by atomic mass is 79.9. The normalized spacial score (nSPS) is 11.9. The topological polar surface area (TPSA) is 65.0 Å². The van der Waals surface area contributed by atoms with E-state index in [2.05, 4.69) is 35.9 Å². The molecule has 0 atom stereocenters. The number of hydrogen-bond donors (Lipinski definition) is 0. The summed E-state index contributed by atoms with van der Waals surface area (Å²) in [5.74, 6) is 0. The van der Waals surface area contributed by atoms with E-state index in [4.69, 9.17) is 0 Å². The lowest BCUT2D eigenvalue weighted by atomic mass is 10.5. The Morgan fingerprint density at radius 2 is 1.67 bits per heavy atom. The van der Waals surface area contributed by atoms with Crippen LogP contribution >= 0.6 is 15.9 Å². The van der Waals surface area contributed by atoms with E-state index < -0.39 is 0 Å². The molecule has 18 heavy (non-hydrogen) atoms. The minimum atomic E-state index is 0.746. The number of hydrogen-bond acceptors (Lipinski definition) is 4. The van der Waals surface area contributed by atoms with Crippen LogP contribution in [0.5, 0.6) is 0 Å². The fourth-order valence-corrected chi connectivity index (χ4v) is 2.83. The summed E-state index contributed by atoms with van der Waals surface area (Å²) >= 11 is 3.54. The van der Waals surface area contributed by atoms with Crippen molar-refractivity contribution in [1.29, 1.82) is 0 Å². The lowest BCUT2D eigenvalue weighted by molar-refractivity contribution is -0.574. The first-order valence-electron chi connectivity index (χ1n) is 5.27. The summed E-state index contributed by atoms with van der Waals surface area (Å²) < 4.78 is 6.51. The number of halogens is 1. The minimum absolute atomic E-state index is 0.746. The first-order chi connectivity index (χ1) is 8.79. The average Bonchev–Trinajstić information content (AvgIpc) is 2.87. The van der Waals surface area contributed by atoms with Gasteiger partial charge in [-0.2, -0.15) is 4.68 Å². The Bertz CT molecular complexity index is 835. The summed E-state index contributed by atoms with van der Waals surface area (Å²) in [6, 6.07) is 0. The van der Waals surface area contributed by atoms with E-state index in [1.165, 1.54) is 0 Å². The predicted octanol–water partition coefficient (Wildman–Crippen LogP) is 0.512. The highest BCUT2D eigenvalue weighted by Gasteiger charge is 2.25. The van der Waals surface area contributed by atoms with Crippen LogP contribution in [0.15, 0.2) is 29.4 Å². The first-order valence-corrected chi connectivity index (χ1v) is 6.07. The Kier molecular flexibility index (Phi) is 1.77. The van der Waals surface area contributed by atoms with Crippen LogP contribution in [0.2, 0.25) is 0 Å². The second-order valence-corrected chi connectivity index (χ2v) is 4.60. The Morgan fingerprint density at radius 3 is 2.50 bits per heavy atom. The molecular formula is C10H7BrN7+. The molecule has 88 valence electrons. The van der Waals surface area contributed by atoms with Crippen LogP contribution in [0.1, 0.15) is 0 Å². The van der Waals surface area contributed by atoms with Crippen LogP contribution in [0.25, 0.3) is 22.5 Å². The highest BCUT2D eigenvalue weighted by molar-refractivity contribution is 9.10. The molecule has 0 saturated carbocycles. The van der Waals surface area contributed by atoms with Gasteiger partial charge in [-0.1, -0.05) is 0 Å². The summed E-state index contributed by atoms with van der Waals surface area (Å²) in [7, 11) is 1.92. The number of aromatic nitrogens is 7. The Labute approximate surface area is 109 Å². The maximum atomic E-state index is 4.36. The molecule has 0 N–H and O–H groups in total. The van der Waals surface area contributed by atoms with Gasteiger partial charge < -0.3 is 0 Å². The molecule has 0 aliphatic rings. The molecule has 0 aliphatic carbocycles. The van der Waals surface area contributed by atoms with Gasteiger partial charge in [0.05, 0.1) is 19.4 Å².